The molecule has 0 aliphatic carbocycles. The van der Waals surface area contributed by atoms with E-state index in [9.17, 15) is 4.79 Å². The molecule has 0 saturated carbocycles. The minimum absolute atomic E-state index is 0.205. The zero-order valence-corrected chi connectivity index (χ0v) is 15.7. The number of methoxy groups -OCH3 is 1. The number of nitrogens with one attached hydrogen (secondary N) is 1. The summed E-state index contributed by atoms with van der Waals surface area (Å²) >= 11 is 0. The normalized spacial score (nSPS) is 12.5. The zero-order valence-electron chi connectivity index (χ0n) is 15.7. The van der Waals surface area contributed by atoms with Crippen LogP contribution in [0.5, 0.6) is 17.2 Å². The first-order chi connectivity index (χ1) is 13.2. The summed E-state index contributed by atoms with van der Waals surface area (Å²) in [5.41, 5.74) is 2.05. The third-order valence-electron chi connectivity index (χ3n) is 4.24. The van der Waals surface area contributed by atoms with Crippen molar-refractivity contribution < 1.29 is 23.7 Å². The molecule has 1 N–H and O–H groups in total. The number of ether oxygens (including phenoxy) is 4. The lowest BCUT2D eigenvalue weighted by Gasteiger charge is -2.19. The maximum Gasteiger partial charge on any atom is 0.255 e. The number of amides is 1. The number of fused-ring (bicyclic) bond motifs is 1. The van der Waals surface area contributed by atoms with Gasteiger partial charge >= 0.3 is 0 Å². The van der Waals surface area contributed by atoms with Crippen molar-refractivity contribution in [1.82, 2.24) is 0 Å². The lowest BCUT2D eigenvalue weighted by atomic mass is 10.1. The van der Waals surface area contributed by atoms with Gasteiger partial charge in [-0.25, -0.2) is 0 Å². The van der Waals surface area contributed by atoms with E-state index >= 15 is 0 Å². The number of carbonyl (C=O) groups is 1. The Balaban J connectivity index is 1.70. The van der Waals surface area contributed by atoms with Crippen molar-refractivity contribution in [1.29, 1.82) is 0 Å². The van der Waals surface area contributed by atoms with Crippen LogP contribution in [0, 0.1) is 0 Å². The summed E-state index contributed by atoms with van der Waals surface area (Å²) in [4.78, 5) is 12.6. The van der Waals surface area contributed by atoms with Gasteiger partial charge in [-0.3, -0.25) is 4.79 Å². The maximum atomic E-state index is 12.6. The van der Waals surface area contributed by atoms with E-state index in [1.165, 1.54) is 0 Å². The highest BCUT2D eigenvalue weighted by molar-refractivity contribution is 6.04. The second kappa shape index (κ2) is 9.28. The average Bonchev–Trinajstić information content (AvgIpc) is 2.71. The fourth-order valence-corrected chi connectivity index (χ4v) is 2.79. The SMILES string of the molecule is CCCCOCc1cc(C(=O)Nc2ccc3c(c2)OCCO3)ccc1OC. The monoisotopic (exact) mass is 371 g/mol. The van der Waals surface area contributed by atoms with Crippen molar-refractivity contribution in [3.63, 3.8) is 0 Å². The van der Waals surface area contributed by atoms with E-state index < -0.39 is 0 Å². The van der Waals surface area contributed by atoms with Crippen LogP contribution in [0.15, 0.2) is 36.4 Å². The largest absolute Gasteiger partial charge is 0.496 e. The highest BCUT2D eigenvalue weighted by Crippen LogP contribution is 2.32. The van der Waals surface area contributed by atoms with Crippen LogP contribution >= 0.6 is 0 Å². The molecule has 1 heterocycles. The second-order valence-electron chi connectivity index (χ2n) is 6.25. The lowest BCUT2D eigenvalue weighted by molar-refractivity contribution is 0.102. The van der Waals surface area contributed by atoms with Gasteiger partial charge in [0.05, 0.1) is 13.7 Å². The highest BCUT2D eigenvalue weighted by atomic mass is 16.6. The van der Waals surface area contributed by atoms with Crippen LogP contribution in [0.2, 0.25) is 0 Å². The Bertz CT molecular complexity index is 790. The fraction of sp³-hybridized carbons (Fsp3) is 0.381. The van der Waals surface area contributed by atoms with Crippen molar-refractivity contribution in [3.05, 3.63) is 47.5 Å². The van der Waals surface area contributed by atoms with E-state index in [2.05, 4.69) is 12.2 Å². The molecular formula is C21H25NO5. The summed E-state index contributed by atoms with van der Waals surface area (Å²) in [5, 5.41) is 2.89. The number of rotatable bonds is 8. The predicted molar refractivity (Wildman–Crippen MR) is 103 cm³/mol. The Morgan fingerprint density at radius 3 is 2.70 bits per heavy atom. The Kier molecular flexibility index (Phi) is 6.54. The molecule has 0 unspecified atom stereocenters. The van der Waals surface area contributed by atoms with E-state index in [-0.39, 0.29) is 5.91 Å². The van der Waals surface area contributed by atoms with E-state index in [1.807, 2.05) is 0 Å². The second-order valence-corrected chi connectivity index (χ2v) is 6.25. The number of carbonyl (C=O) groups excluding carboxylic acids is 1. The molecule has 27 heavy (non-hydrogen) atoms. The molecule has 0 atom stereocenters. The van der Waals surface area contributed by atoms with Crippen LogP contribution < -0.4 is 19.5 Å². The Hall–Kier alpha value is -2.73. The molecule has 6 nitrogen and oxygen atoms in total. The number of hydrogen-bond donors (Lipinski definition) is 1. The molecule has 1 aliphatic heterocycles. The van der Waals surface area contributed by atoms with Gasteiger partial charge in [0.15, 0.2) is 11.5 Å². The highest BCUT2D eigenvalue weighted by Gasteiger charge is 2.14. The van der Waals surface area contributed by atoms with Gasteiger partial charge in [0.2, 0.25) is 0 Å². The van der Waals surface area contributed by atoms with Gasteiger partial charge in [-0.05, 0) is 36.8 Å². The van der Waals surface area contributed by atoms with E-state index in [4.69, 9.17) is 18.9 Å². The maximum absolute atomic E-state index is 12.6. The number of unbranched alkanes of at least 4 members (excludes halogenated alkanes) is 1. The zero-order chi connectivity index (χ0) is 19.1. The van der Waals surface area contributed by atoms with Crippen molar-refractivity contribution in [2.75, 3.05) is 32.2 Å². The first-order valence-electron chi connectivity index (χ1n) is 9.17. The Morgan fingerprint density at radius 1 is 1.11 bits per heavy atom. The topological polar surface area (TPSA) is 66.0 Å². The molecule has 1 aliphatic rings. The first kappa shape index (κ1) is 19.0. The molecule has 0 bridgehead atoms. The Morgan fingerprint density at radius 2 is 1.93 bits per heavy atom. The number of benzene rings is 2. The summed E-state index contributed by atoms with van der Waals surface area (Å²) < 4.78 is 22.1. The average molecular weight is 371 g/mol. The van der Waals surface area contributed by atoms with Gasteiger partial charge in [0, 0.05) is 29.5 Å². The van der Waals surface area contributed by atoms with Crippen LogP contribution in [-0.4, -0.2) is 32.8 Å². The summed E-state index contributed by atoms with van der Waals surface area (Å²) in [6.07, 6.45) is 2.09. The quantitative estimate of drug-likeness (QED) is 0.710. The van der Waals surface area contributed by atoms with Crippen molar-refractivity contribution in [2.24, 2.45) is 0 Å². The van der Waals surface area contributed by atoms with Crippen molar-refractivity contribution in [3.8, 4) is 17.2 Å². The van der Waals surface area contributed by atoms with Crippen LogP contribution in [0.25, 0.3) is 0 Å². The van der Waals surface area contributed by atoms with Crippen LogP contribution in [0.1, 0.15) is 35.7 Å². The van der Waals surface area contributed by atoms with Crippen LogP contribution in [-0.2, 0) is 11.3 Å². The molecule has 144 valence electrons. The molecule has 0 spiro atoms. The Labute approximate surface area is 159 Å². The molecule has 0 radical (unpaired) electrons. The third kappa shape index (κ3) is 4.92. The van der Waals surface area contributed by atoms with Gasteiger partial charge in [0.1, 0.15) is 19.0 Å². The first-order valence-corrected chi connectivity index (χ1v) is 9.17. The van der Waals surface area contributed by atoms with Gasteiger partial charge < -0.3 is 24.3 Å². The summed E-state index contributed by atoms with van der Waals surface area (Å²) in [7, 11) is 1.61. The fourth-order valence-electron chi connectivity index (χ4n) is 2.79. The minimum Gasteiger partial charge on any atom is -0.496 e. The summed E-state index contributed by atoms with van der Waals surface area (Å²) in [5.74, 6) is 1.83. The molecule has 2 aromatic rings. The van der Waals surface area contributed by atoms with E-state index in [0.717, 1.165) is 18.4 Å². The van der Waals surface area contributed by atoms with Crippen molar-refractivity contribution in [2.45, 2.75) is 26.4 Å². The van der Waals surface area contributed by atoms with Crippen LogP contribution in [0.4, 0.5) is 5.69 Å². The van der Waals surface area contributed by atoms with Crippen LogP contribution in [0.3, 0.4) is 0 Å². The standard InChI is InChI=1S/C21H25NO5/c1-3-4-9-25-14-16-12-15(5-7-18(16)24-2)21(23)22-17-6-8-19-20(13-17)27-11-10-26-19/h5-8,12-13H,3-4,9-11,14H2,1-2H3,(H,22,23). The van der Waals surface area contributed by atoms with Gasteiger partial charge in [-0.1, -0.05) is 13.3 Å². The lowest BCUT2D eigenvalue weighted by Crippen LogP contribution is -2.16. The number of hydrogen-bond acceptors (Lipinski definition) is 5. The van der Waals surface area contributed by atoms with E-state index in [1.54, 1.807) is 43.5 Å². The van der Waals surface area contributed by atoms with Crippen molar-refractivity contribution >= 4 is 11.6 Å². The smallest absolute Gasteiger partial charge is 0.255 e. The molecule has 0 aromatic heterocycles. The van der Waals surface area contributed by atoms with Gasteiger partial charge in [0.25, 0.3) is 5.91 Å². The van der Waals surface area contributed by atoms with E-state index in [0.29, 0.717) is 54.9 Å². The molecule has 2 aromatic carbocycles. The summed E-state index contributed by atoms with van der Waals surface area (Å²) in [6, 6.07) is 10.7. The molecule has 0 saturated heterocycles. The third-order valence-corrected chi connectivity index (χ3v) is 4.24. The van der Waals surface area contributed by atoms with Gasteiger partial charge in [-0.2, -0.15) is 0 Å². The molecule has 6 heteroatoms. The molecular weight excluding hydrogens is 346 g/mol. The summed E-state index contributed by atoms with van der Waals surface area (Å²) in [6.45, 7) is 4.26. The molecule has 3 rings (SSSR count). The predicted octanol–water partition coefficient (Wildman–Crippen LogP) is 4.04. The molecule has 1 amide bonds. The number of anilines is 1. The van der Waals surface area contributed by atoms with Gasteiger partial charge in [-0.15, -0.1) is 0 Å². The minimum atomic E-state index is -0.205. The molecule has 0 fully saturated rings.